The fraction of sp³-hybridized carbons (Fsp3) is 0.650. The zero-order valence-electron chi connectivity index (χ0n) is 63.0. The average Bonchev–Trinajstić information content (AvgIpc) is 0.890. The number of ether oxygens (including phenoxy) is 8. The van der Waals surface area contributed by atoms with Gasteiger partial charge in [0.15, 0.2) is 23.1 Å². The summed E-state index contributed by atoms with van der Waals surface area (Å²) >= 11 is 0. The van der Waals surface area contributed by atoms with Gasteiger partial charge >= 0.3 is 0 Å². The van der Waals surface area contributed by atoms with Crippen molar-refractivity contribution in [1.82, 2.24) is 21.3 Å². The van der Waals surface area contributed by atoms with E-state index in [0.29, 0.717) is 81.7 Å². The molecule has 0 aromatic heterocycles. The van der Waals surface area contributed by atoms with Crippen molar-refractivity contribution in [3.63, 3.8) is 0 Å². The number of benzene rings is 4. The Hall–Kier alpha value is -6.20. The molecule has 4 aromatic rings. The molecule has 4 rings (SSSR count). The quantitative estimate of drug-likeness (QED) is 0.0241. The zero-order chi connectivity index (χ0) is 71.1. The van der Waals surface area contributed by atoms with Gasteiger partial charge in [0.2, 0.25) is 0 Å². The number of carbonyl (C=O) groups is 4. The van der Waals surface area contributed by atoms with Crippen LogP contribution >= 0.6 is 0 Å². The van der Waals surface area contributed by atoms with Crippen LogP contribution in [0.2, 0.25) is 0 Å². The summed E-state index contributed by atoms with van der Waals surface area (Å²) in [4.78, 5) is 47.4. The molecule has 0 radical (unpaired) electrons. The number of hydrogen-bond acceptors (Lipinski definition) is 16. The zero-order valence-corrected chi connectivity index (χ0v) is 63.0. The number of rotatable bonds is 52. The number of Topliss-reactive ketones (excluding diaryl/α,β-unsaturated/α-hetero) is 4. The molecule has 0 aliphatic rings. The van der Waals surface area contributed by atoms with E-state index >= 15 is 0 Å². The molecule has 0 fully saturated rings. The highest BCUT2D eigenvalue weighted by molar-refractivity contribution is 5.97. The van der Waals surface area contributed by atoms with Crippen LogP contribution in [0.15, 0.2) is 48.5 Å². The summed E-state index contributed by atoms with van der Waals surface area (Å²) in [5.41, 5.74) is 6.85. The molecule has 0 unspecified atom stereocenters. The Balaban J connectivity index is 0.000000643. The Kier molecular flexibility index (Phi) is 51.9. The van der Waals surface area contributed by atoms with E-state index in [4.69, 9.17) is 37.9 Å². The number of hydrogen-bond donors (Lipinski definition) is 4. The lowest BCUT2D eigenvalue weighted by atomic mass is 10.0. The molecule has 0 amide bonds. The first kappa shape index (κ1) is 87.8. The van der Waals surface area contributed by atoms with E-state index in [1.54, 1.807) is 27.7 Å². The lowest BCUT2D eigenvalue weighted by Crippen LogP contribution is -2.12. The molecule has 16 nitrogen and oxygen atoms in total. The molecule has 4 N–H and O–H groups in total. The van der Waals surface area contributed by atoms with Gasteiger partial charge in [0.05, 0.1) is 52.9 Å². The number of unbranched alkanes of at least 4 members (excludes halogenated alkanes) is 12. The van der Waals surface area contributed by atoms with Crippen LogP contribution in [0.4, 0.5) is 0 Å². The highest BCUT2D eigenvalue weighted by Crippen LogP contribution is 2.37. The van der Waals surface area contributed by atoms with Crippen LogP contribution in [0.5, 0.6) is 46.0 Å². The lowest BCUT2D eigenvalue weighted by molar-refractivity contribution is 0.100. The second-order valence-corrected chi connectivity index (χ2v) is 24.4. The van der Waals surface area contributed by atoms with Gasteiger partial charge in [-0.3, -0.25) is 19.2 Å². The molecule has 16 heteroatoms. The average molecular weight is 1340 g/mol. The predicted octanol–water partition coefficient (Wildman–Crippen LogP) is 17.9. The van der Waals surface area contributed by atoms with Gasteiger partial charge in [-0.1, -0.05) is 119 Å². The summed E-state index contributed by atoms with van der Waals surface area (Å²) < 4.78 is 47.6. The number of nitrogens with one attached hydrogen (secondary N) is 4. The lowest BCUT2D eigenvalue weighted by Gasteiger charge is -2.18. The first-order valence-corrected chi connectivity index (χ1v) is 36.9. The van der Waals surface area contributed by atoms with Crippen molar-refractivity contribution < 1.29 is 57.1 Å². The highest BCUT2D eigenvalue weighted by Gasteiger charge is 2.20. The van der Waals surface area contributed by atoms with Crippen LogP contribution < -0.4 is 59.2 Å². The molecular weight excluding hydrogens is 1210 g/mol. The van der Waals surface area contributed by atoms with Crippen LogP contribution in [0.25, 0.3) is 0 Å². The fourth-order valence-electron chi connectivity index (χ4n) is 10.3. The van der Waals surface area contributed by atoms with Crippen LogP contribution in [-0.4, -0.2) is 124 Å². The summed E-state index contributed by atoms with van der Waals surface area (Å²) in [5, 5.41) is 12.7. The van der Waals surface area contributed by atoms with Crippen LogP contribution in [-0.2, 0) is 25.8 Å². The number of ketones is 4. The van der Waals surface area contributed by atoms with E-state index in [1.165, 1.54) is 0 Å². The Morgan fingerprint density at radius 1 is 0.271 bits per heavy atom. The second-order valence-electron chi connectivity index (χ2n) is 24.4. The second kappa shape index (κ2) is 56.8. The highest BCUT2D eigenvalue weighted by atomic mass is 16.5. The molecule has 0 aliphatic heterocycles. The van der Waals surface area contributed by atoms with Gasteiger partial charge in [0.25, 0.3) is 0 Å². The normalized spacial score (nSPS) is 10.7. The van der Waals surface area contributed by atoms with E-state index in [-0.39, 0.29) is 23.1 Å². The van der Waals surface area contributed by atoms with Crippen molar-refractivity contribution in [3.05, 3.63) is 93.0 Å². The predicted molar refractivity (Wildman–Crippen MR) is 398 cm³/mol. The molecule has 0 spiro atoms. The van der Waals surface area contributed by atoms with Gasteiger partial charge in [0, 0.05) is 51.1 Å². The Bertz CT molecular complexity index is 2510. The van der Waals surface area contributed by atoms with E-state index in [2.05, 4.69) is 62.8 Å². The minimum Gasteiger partial charge on any atom is -0.493 e. The van der Waals surface area contributed by atoms with Crippen molar-refractivity contribution in [2.75, 3.05) is 101 Å². The molecular formula is C80H132N4O12. The standard InChI is InChI=1S/2C22H37NO3.C20H33NO3.C16H25NO3/c2*1-5-7-9-14-25-21-16-19(18(3)24)17-22(26-15-10-8-6-2)20(21)12-11-13-23-4;1-5-7-9-11-23-19-13-17(16(3)22)14-20(18(19)15-21-4)24-12-10-8-6-2;1-5-19-15-10-13(12(3)18)11-16(20-6-2)14(15)8-7-9-17-4/h2*16-17,23H,5-15H2,1-4H3;13-14,21H,5-12,15H2,1-4H3;10-11,17H,5-9H2,1-4H3. The van der Waals surface area contributed by atoms with Gasteiger partial charge in [-0.2, -0.15) is 0 Å². The first-order valence-electron chi connectivity index (χ1n) is 36.9. The van der Waals surface area contributed by atoms with E-state index in [1.807, 2.05) is 90.6 Å². The number of carbonyl (C=O) groups excluding carboxylic acids is 4. The SMILES string of the molecule is CCCCCOc1cc(C(C)=O)cc(OCCCCC)c1CCCNC.CCCCCOc1cc(C(C)=O)cc(OCCCCC)c1CCCNC.CCCCCOc1cc(C(C)=O)cc(OCCCCC)c1CNC.CCOc1cc(C(C)=O)cc(OCC)c1CCCNC. The monoisotopic (exact) mass is 1340 g/mol. The van der Waals surface area contributed by atoms with Crippen molar-refractivity contribution in [2.24, 2.45) is 0 Å². The Labute approximate surface area is 582 Å². The molecule has 0 atom stereocenters. The van der Waals surface area contributed by atoms with Crippen molar-refractivity contribution >= 4 is 23.1 Å². The maximum absolute atomic E-state index is 12.0. The van der Waals surface area contributed by atoms with Crippen LogP contribution in [0.1, 0.15) is 282 Å². The third kappa shape index (κ3) is 37.0. The molecule has 0 bridgehead atoms. The Morgan fingerprint density at radius 2 is 0.469 bits per heavy atom. The van der Waals surface area contributed by atoms with E-state index in [9.17, 15) is 19.2 Å². The van der Waals surface area contributed by atoms with Gasteiger partial charge < -0.3 is 59.2 Å². The molecule has 0 saturated carbocycles. The van der Waals surface area contributed by atoms with E-state index in [0.717, 1.165) is 242 Å². The summed E-state index contributed by atoms with van der Waals surface area (Å²) in [6.45, 7) is 32.0. The van der Waals surface area contributed by atoms with E-state index < -0.39 is 0 Å². The van der Waals surface area contributed by atoms with Gasteiger partial charge in [-0.05, 0) is 215 Å². The molecule has 544 valence electrons. The maximum atomic E-state index is 12.0. The van der Waals surface area contributed by atoms with Crippen molar-refractivity contribution in [3.8, 4) is 46.0 Å². The van der Waals surface area contributed by atoms with Crippen molar-refractivity contribution in [1.29, 1.82) is 0 Å². The minimum atomic E-state index is 0.0219. The first-order chi connectivity index (χ1) is 46.5. The van der Waals surface area contributed by atoms with Crippen LogP contribution in [0, 0.1) is 0 Å². The largest absolute Gasteiger partial charge is 0.493 e. The fourth-order valence-corrected chi connectivity index (χ4v) is 10.3. The molecule has 0 saturated heterocycles. The topological polar surface area (TPSA) is 190 Å². The summed E-state index contributed by atoms with van der Waals surface area (Å²) in [6, 6.07) is 14.9. The van der Waals surface area contributed by atoms with Gasteiger partial charge in [0.1, 0.15) is 46.0 Å². The van der Waals surface area contributed by atoms with Crippen LogP contribution in [0.3, 0.4) is 0 Å². The third-order valence-corrected chi connectivity index (χ3v) is 15.8. The maximum Gasteiger partial charge on any atom is 0.160 e. The van der Waals surface area contributed by atoms with Gasteiger partial charge in [-0.25, -0.2) is 0 Å². The Morgan fingerprint density at radius 3 is 0.635 bits per heavy atom. The summed E-state index contributed by atoms with van der Waals surface area (Å²) in [6.07, 6.45) is 25.7. The molecule has 4 aromatic carbocycles. The summed E-state index contributed by atoms with van der Waals surface area (Å²) in [5.74, 6) is 6.46. The summed E-state index contributed by atoms with van der Waals surface area (Å²) in [7, 11) is 7.76. The van der Waals surface area contributed by atoms with Gasteiger partial charge in [-0.15, -0.1) is 0 Å². The molecule has 0 aliphatic carbocycles. The molecule has 96 heavy (non-hydrogen) atoms. The molecule has 0 heterocycles. The van der Waals surface area contributed by atoms with Crippen molar-refractivity contribution in [2.45, 2.75) is 244 Å². The smallest absolute Gasteiger partial charge is 0.160 e. The third-order valence-electron chi connectivity index (χ3n) is 15.8. The minimum absolute atomic E-state index is 0.0219.